The summed E-state index contributed by atoms with van der Waals surface area (Å²) in [6.45, 7) is 0. The molecule has 2 aromatic carbocycles. The van der Waals surface area contributed by atoms with Gasteiger partial charge in [-0.25, -0.2) is 13.2 Å². The lowest BCUT2D eigenvalue weighted by Crippen LogP contribution is -2.40. The molecule has 0 fully saturated rings. The summed E-state index contributed by atoms with van der Waals surface area (Å²) >= 11 is 0. The monoisotopic (exact) mass is 401 g/mol. The van der Waals surface area contributed by atoms with Crippen molar-refractivity contribution < 1.29 is 35.5 Å². The molecule has 0 N–H and O–H groups in total. The molecule has 0 saturated heterocycles. The Morgan fingerprint density at radius 1 is 1.04 bits per heavy atom. The van der Waals surface area contributed by atoms with Gasteiger partial charge in [-0.05, 0) is 29.8 Å². The van der Waals surface area contributed by atoms with Gasteiger partial charge >= 0.3 is 11.8 Å². The Kier molecular flexibility index (Phi) is 3.74. The molecule has 0 spiro atoms. The van der Waals surface area contributed by atoms with Gasteiger partial charge in [0.05, 0.1) is 17.6 Å². The Balaban J connectivity index is 1.87. The molecule has 0 aliphatic heterocycles. The van der Waals surface area contributed by atoms with Crippen LogP contribution in [0.25, 0.3) is 0 Å². The third-order valence-electron chi connectivity index (χ3n) is 5.02. The van der Waals surface area contributed by atoms with Gasteiger partial charge in [-0.15, -0.1) is 0 Å². The van der Waals surface area contributed by atoms with Crippen LogP contribution in [0.15, 0.2) is 30.3 Å². The van der Waals surface area contributed by atoms with E-state index in [1.807, 2.05) is 0 Å². The van der Waals surface area contributed by atoms with E-state index in [2.05, 4.69) is 0 Å². The molecule has 0 bridgehead atoms. The fourth-order valence-electron chi connectivity index (χ4n) is 3.85. The fraction of sp³-hybridized carbons (Fsp3) is 0.316. The molecular weight excluding hydrogens is 391 g/mol. The summed E-state index contributed by atoms with van der Waals surface area (Å²) in [5, 5.41) is 8.87. The van der Waals surface area contributed by atoms with E-state index in [1.165, 1.54) is 0 Å². The maximum Gasteiger partial charge on any atom is 0.336 e. The quantitative estimate of drug-likeness (QED) is 0.588. The smallest absolute Gasteiger partial charge is 0.336 e. The number of hydrogen-bond donors (Lipinski definition) is 0. The fourth-order valence-corrected chi connectivity index (χ4v) is 3.85. The highest BCUT2D eigenvalue weighted by Gasteiger charge is 2.71. The molecule has 146 valence electrons. The van der Waals surface area contributed by atoms with Crippen molar-refractivity contribution in [3.63, 3.8) is 0 Å². The number of nitrogens with zero attached hydrogens (tertiary/aromatic N) is 1. The van der Waals surface area contributed by atoms with E-state index in [-0.39, 0.29) is 17.1 Å². The zero-order valence-corrected chi connectivity index (χ0v) is 13.9. The first-order valence-corrected chi connectivity index (χ1v) is 8.14. The second-order valence-electron chi connectivity index (χ2n) is 6.88. The molecule has 0 heterocycles. The van der Waals surface area contributed by atoms with Crippen molar-refractivity contribution in [1.82, 2.24) is 0 Å². The third kappa shape index (κ3) is 2.54. The summed E-state index contributed by atoms with van der Waals surface area (Å²) in [5.74, 6) is -16.7. The highest BCUT2D eigenvalue weighted by atomic mass is 19.3. The van der Waals surface area contributed by atoms with E-state index in [4.69, 9.17) is 10.00 Å². The van der Waals surface area contributed by atoms with Crippen LogP contribution in [0, 0.1) is 17.1 Å². The molecule has 0 amide bonds. The van der Waals surface area contributed by atoms with Crippen LogP contribution >= 0.6 is 0 Å². The Hall–Kier alpha value is -2.76. The topological polar surface area (TPSA) is 33.0 Å². The van der Waals surface area contributed by atoms with Gasteiger partial charge in [0, 0.05) is 30.0 Å². The highest BCUT2D eigenvalue weighted by Crippen LogP contribution is 2.64. The Bertz CT molecular complexity index is 1030. The van der Waals surface area contributed by atoms with Crippen LogP contribution in [-0.4, -0.2) is 11.8 Å². The van der Waals surface area contributed by atoms with Gasteiger partial charge in [0.1, 0.15) is 17.3 Å². The van der Waals surface area contributed by atoms with Crippen LogP contribution < -0.4 is 4.74 Å². The molecule has 1 unspecified atom stereocenters. The van der Waals surface area contributed by atoms with Crippen LogP contribution in [0.4, 0.5) is 30.7 Å². The molecule has 9 heteroatoms. The highest BCUT2D eigenvalue weighted by molar-refractivity contribution is 5.57. The third-order valence-corrected chi connectivity index (χ3v) is 5.02. The predicted octanol–water partition coefficient (Wildman–Crippen LogP) is 5.90. The van der Waals surface area contributed by atoms with E-state index >= 15 is 0 Å². The molecule has 2 aliphatic rings. The minimum atomic E-state index is -4.67. The van der Waals surface area contributed by atoms with Crippen molar-refractivity contribution in [3.8, 4) is 17.6 Å². The maximum atomic E-state index is 14.2. The summed E-state index contributed by atoms with van der Waals surface area (Å²) in [4.78, 5) is 0. The van der Waals surface area contributed by atoms with Crippen molar-refractivity contribution in [2.45, 2.75) is 36.5 Å². The predicted molar refractivity (Wildman–Crippen MR) is 82.5 cm³/mol. The van der Waals surface area contributed by atoms with Gasteiger partial charge in [-0.2, -0.15) is 22.8 Å². The number of halogens is 7. The molecule has 2 aliphatic carbocycles. The lowest BCUT2D eigenvalue weighted by atomic mass is 9.80. The Morgan fingerprint density at radius 3 is 2.43 bits per heavy atom. The lowest BCUT2D eigenvalue weighted by Gasteiger charge is -2.32. The van der Waals surface area contributed by atoms with Gasteiger partial charge in [0.2, 0.25) is 0 Å². The summed E-state index contributed by atoms with van der Waals surface area (Å²) in [6.07, 6.45) is -2.47. The molecule has 2 nitrogen and oxygen atoms in total. The molecule has 1 atom stereocenters. The SMILES string of the molecule is N#Cc1cc(F)cc(Oc2ccc3c4c2CC(F)(F)CC4C(F)(F)C3(F)F)c1. The van der Waals surface area contributed by atoms with E-state index < -0.39 is 59.0 Å². The molecule has 4 rings (SSSR count). The van der Waals surface area contributed by atoms with E-state index in [0.717, 1.165) is 30.3 Å². The maximum absolute atomic E-state index is 14.2. The minimum Gasteiger partial charge on any atom is -0.457 e. The first kappa shape index (κ1) is 18.6. The molecule has 2 aromatic rings. The number of ether oxygens (including phenoxy) is 1. The normalized spacial score (nSPS) is 23.0. The molecule has 0 radical (unpaired) electrons. The molecule has 0 saturated carbocycles. The van der Waals surface area contributed by atoms with Crippen LogP contribution in [0.1, 0.15) is 34.6 Å². The number of alkyl halides is 6. The number of benzene rings is 2. The number of rotatable bonds is 2. The molecule has 0 aromatic heterocycles. The first-order chi connectivity index (χ1) is 13.0. The standard InChI is InChI=1S/C19H10F7NO/c20-10-3-9(8-27)4-11(5-10)28-15-2-1-13-16-12(15)6-17(21,22)7-14(16)19(25,26)18(13,23)24/h1-5,14H,6-7H2. The first-order valence-electron chi connectivity index (χ1n) is 8.14. The lowest BCUT2D eigenvalue weighted by molar-refractivity contribution is -0.222. The van der Waals surface area contributed by atoms with Crippen LogP contribution in [0.5, 0.6) is 11.5 Å². The second kappa shape index (κ2) is 5.63. The van der Waals surface area contributed by atoms with Crippen LogP contribution in [-0.2, 0) is 12.3 Å². The number of nitriles is 1. The van der Waals surface area contributed by atoms with Crippen molar-refractivity contribution in [2.75, 3.05) is 0 Å². The zero-order valence-electron chi connectivity index (χ0n) is 13.9. The van der Waals surface area contributed by atoms with Crippen LogP contribution in [0.2, 0.25) is 0 Å². The van der Waals surface area contributed by atoms with Crippen molar-refractivity contribution in [1.29, 1.82) is 5.26 Å². The van der Waals surface area contributed by atoms with Gasteiger partial charge < -0.3 is 4.74 Å². The Morgan fingerprint density at radius 2 is 1.75 bits per heavy atom. The molecule has 28 heavy (non-hydrogen) atoms. The van der Waals surface area contributed by atoms with Gasteiger partial charge in [-0.3, -0.25) is 0 Å². The van der Waals surface area contributed by atoms with E-state index in [1.54, 1.807) is 6.07 Å². The summed E-state index contributed by atoms with van der Waals surface area (Å²) < 4.78 is 104. The van der Waals surface area contributed by atoms with E-state index in [0.29, 0.717) is 0 Å². The summed E-state index contributed by atoms with van der Waals surface area (Å²) in [5.41, 5.74) is -2.13. The molecular formula is C19H10F7NO. The zero-order chi connectivity index (χ0) is 20.5. The second-order valence-corrected chi connectivity index (χ2v) is 6.88. The summed E-state index contributed by atoms with van der Waals surface area (Å²) in [7, 11) is 0. The Labute approximate surface area is 154 Å². The van der Waals surface area contributed by atoms with Crippen molar-refractivity contribution in [3.05, 3.63) is 58.4 Å². The van der Waals surface area contributed by atoms with E-state index in [9.17, 15) is 30.7 Å². The summed E-state index contributed by atoms with van der Waals surface area (Å²) in [6, 6.07) is 6.17. The van der Waals surface area contributed by atoms with Crippen molar-refractivity contribution in [2.24, 2.45) is 0 Å². The number of hydrogen-bond acceptors (Lipinski definition) is 2. The average Bonchev–Trinajstić information content (AvgIpc) is 2.73. The minimum absolute atomic E-state index is 0.119. The van der Waals surface area contributed by atoms with Crippen molar-refractivity contribution >= 4 is 0 Å². The van der Waals surface area contributed by atoms with Gasteiger partial charge in [0.25, 0.3) is 5.92 Å². The average molecular weight is 401 g/mol. The van der Waals surface area contributed by atoms with Gasteiger partial charge in [0.15, 0.2) is 0 Å². The largest absolute Gasteiger partial charge is 0.457 e. The van der Waals surface area contributed by atoms with Gasteiger partial charge in [-0.1, -0.05) is 0 Å². The van der Waals surface area contributed by atoms with Crippen LogP contribution in [0.3, 0.4) is 0 Å².